The van der Waals surface area contributed by atoms with Gasteiger partial charge in [-0.25, -0.2) is 15.0 Å². The average molecular weight is 651 g/mol. The standard InChI is InChI=1S/C47H30N4/c1-2-12-30(13-3-1)45-48-46(50-47(49-45)33-27-32-14-10-19-38-36-16-6-7-17-37(36)40(28-33)43(32)38)31-21-24-34(25-22-31)51-41-20-9-8-18-39(41)44-35-15-5-4-11-29(35)23-26-42(44)51/h1-28,36-37H. The quantitative estimate of drug-likeness (QED) is 0.190. The van der Waals surface area contributed by atoms with Crippen molar-refractivity contribution < 1.29 is 0 Å². The van der Waals surface area contributed by atoms with E-state index in [1.165, 1.54) is 54.5 Å². The summed E-state index contributed by atoms with van der Waals surface area (Å²) in [5.74, 6) is 2.68. The van der Waals surface area contributed by atoms with Crippen molar-refractivity contribution in [2.24, 2.45) is 0 Å². The molecule has 0 spiro atoms. The Morgan fingerprint density at radius 1 is 0.412 bits per heavy atom. The van der Waals surface area contributed by atoms with Gasteiger partial charge in [-0.1, -0.05) is 121 Å². The van der Waals surface area contributed by atoms with E-state index < -0.39 is 0 Å². The van der Waals surface area contributed by atoms with Crippen molar-refractivity contribution in [2.75, 3.05) is 0 Å². The van der Waals surface area contributed by atoms with Crippen molar-refractivity contribution in [3.8, 4) is 39.9 Å². The van der Waals surface area contributed by atoms with E-state index in [1.807, 2.05) is 18.2 Å². The summed E-state index contributed by atoms with van der Waals surface area (Å²) >= 11 is 0. The lowest BCUT2D eigenvalue weighted by molar-refractivity contribution is 0.769. The number of nitrogens with zero attached hydrogens (tertiary/aromatic N) is 4. The molecule has 11 rings (SSSR count). The Balaban J connectivity index is 1.07. The molecule has 0 saturated carbocycles. The Morgan fingerprint density at radius 2 is 1.06 bits per heavy atom. The summed E-state index contributed by atoms with van der Waals surface area (Å²) in [5.41, 5.74) is 9.12. The van der Waals surface area contributed by atoms with Crippen LogP contribution < -0.4 is 0 Å². The van der Waals surface area contributed by atoms with Crippen molar-refractivity contribution in [3.05, 3.63) is 181 Å². The molecule has 0 N–H and O–H groups in total. The second-order valence-corrected chi connectivity index (χ2v) is 13.6. The molecule has 2 aliphatic rings. The normalized spacial score (nSPS) is 16.1. The van der Waals surface area contributed by atoms with Crippen molar-refractivity contribution in [1.29, 1.82) is 0 Å². The van der Waals surface area contributed by atoms with Gasteiger partial charge < -0.3 is 4.57 Å². The first kappa shape index (κ1) is 28.2. The molecular formula is C47H30N4. The molecule has 2 heterocycles. The summed E-state index contributed by atoms with van der Waals surface area (Å²) in [4.78, 5) is 15.3. The van der Waals surface area contributed by atoms with E-state index in [0.717, 1.165) is 22.4 Å². The molecule has 0 fully saturated rings. The number of rotatable bonds is 4. The summed E-state index contributed by atoms with van der Waals surface area (Å²) in [6.07, 6.45) is 9.01. The van der Waals surface area contributed by atoms with Gasteiger partial charge in [0.1, 0.15) is 0 Å². The number of allylic oxidation sites excluding steroid dienone is 4. The molecule has 9 aromatic rings. The molecule has 51 heavy (non-hydrogen) atoms. The van der Waals surface area contributed by atoms with Gasteiger partial charge in [0, 0.05) is 45.0 Å². The second kappa shape index (κ2) is 10.9. The van der Waals surface area contributed by atoms with Crippen LogP contribution in [0.15, 0.2) is 170 Å². The number of aromatic nitrogens is 4. The molecule has 0 saturated heterocycles. The maximum absolute atomic E-state index is 5.17. The molecule has 238 valence electrons. The van der Waals surface area contributed by atoms with Crippen LogP contribution in [-0.4, -0.2) is 19.5 Å². The maximum atomic E-state index is 5.17. The van der Waals surface area contributed by atoms with Crippen molar-refractivity contribution in [3.63, 3.8) is 0 Å². The molecule has 2 atom stereocenters. The molecular weight excluding hydrogens is 621 g/mol. The minimum Gasteiger partial charge on any atom is -0.309 e. The zero-order valence-electron chi connectivity index (χ0n) is 27.6. The van der Waals surface area contributed by atoms with Gasteiger partial charge in [-0.3, -0.25) is 0 Å². The molecule has 0 amide bonds. The number of fused-ring (bicyclic) bond motifs is 8. The second-order valence-electron chi connectivity index (χ2n) is 13.6. The first-order valence-electron chi connectivity index (χ1n) is 17.5. The molecule has 2 aliphatic carbocycles. The predicted octanol–water partition coefficient (Wildman–Crippen LogP) is 11.6. The Labute approximate surface area is 294 Å². The minimum atomic E-state index is 0.316. The summed E-state index contributed by atoms with van der Waals surface area (Å²) in [5, 5.41) is 7.62. The smallest absolute Gasteiger partial charge is 0.164 e. The van der Waals surface area contributed by atoms with E-state index in [9.17, 15) is 0 Å². The van der Waals surface area contributed by atoms with Gasteiger partial charge in [-0.2, -0.15) is 0 Å². The van der Waals surface area contributed by atoms with E-state index in [-0.39, 0.29) is 0 Å². The van der Waals surface area contributed by atoms with Crippen LogP contribution in [0, 0.1) is 0 Å². The number of para-hydroxylation sites is 1. The number of hydrogen-bond donors (Lipinski definition) is 0. The van der Waals surface area contributed by atoms with E-state index in [0.29, 0.717) is 29.3 Å². The topological polar surface area (TPSA) is 43.6 Å². The molecule has 2 aromatic heterocycles. The van der Waals surface area contributed by atoms with Crippen molar-refractivity contribution in [2.45, 2.75) is 11.8 Å². The summed E-state index contributed by atoms with van der Waals surface area (Å²) in [7, 11) is 0. The van der Waals surface area contributed by atoms with E-state index in [1.54, 1.807) is 0 Å². The van der Waals surface area contributed by atoms with Crippen LogP contribution in [0.3, 0.4) is 0 Å². The molecule has 4 nitrogen and oxygen atoms in total. The highest BCUT2D eigenvalue weighted by Gasteiger charge is 2.32. The molecule has 2 unspecified atom stereocenters. The van der Waals surface area contributed by atoms with Crippen LogP contribution in [0.5, 0.6) is 0 Å². The third kappa shape index (κ3) is 4.30. The maximum Gasteiger partial charge on any atom is 0.164 e. The van der Waals surface area contributed by atoms with Gasteiger partial charge in [0.25, 0.3) is 0 Å². The zero-order chi connectivity index (χ0) is 33.5. The van der Waals surface area contributed by atoms with E-state index >= 15 is 0 Å². The lowest BCUT2D eigenvalue weighted by Crippen LogP contribution is -2.03. The fourth-order valence-electron chi connectivity index (χ4n) is 8.49. The number of benzene rings is 7. The van der Waals surface area contributed by atoms with E-state index in [2.05, 4.69) is 156 Å². The van der Waals surface area contributed by atoms with Gasteiger partial charge in [0.2, 0.25) is 0 Å². The fraction of sp³-hybridized carbons (Fsp3) is 0.0426. The Morgan fingerprint density at radius 3 is 1.86 bits per heavy atom. The minimum absolute atomic E-state index is 0.316. The molecule has 7 aromatic carbocycles. The fourth-order valence-corrected chi connectivity index (χ4v) is 8.49. The highest BCUT2D eigenvalue weighted by molar-refractivity contribution is 6.21. The summed E-state index contributed by atoms with van der Waals surface area (Å²) in [6, 6.07) is 51.9. The predicted molar refractivity (Wildman–Crippen MR) is 209 cm³/mol. The van der Waals surface area contributed by atoms with Gasteiger partial charge in [-0.15, -0.1) is 0 Å². The highest BCUT2D eigenvalue weighted by atomic mass is 15.0. The summed E-state index contributed by atoms with van der Waals surface area (Å²) in [6.45, 7) is 0. The van der Waals surface area contributed by atoms with Gasteiger partial charge >= 0.3 is 0 Å². The Kier molecular flexibility index (Phi) is 6.05. The third-order valence-corrected chi connectivity index (χ3v) is 10.8. The van der Waals surface area contributed by atoms with Crippen LogP contribution in [0.25, 0.3) is 83.2 Å². The molecule has 0 bridgehead atoms. The number of hydrogen-bond acceptors (Lipinski definition) is 3. The highest BCUT2D eigenvalue weighted by Crippen LogP contribution is 2.50. The lowest BCUT2D eigenvalue weighted by Gasteiger charge is -2.17. The van der Waals surface area contributed by atoms with Crippen LogP contribution >= 0.6 is 0 Å². The van der Waals surface area contributed by atoms with E-state index in [4.69, 9.17) is 15.0 Å². The largest absolute Gasteiger partial charge is 0.309 e. The molecule has 4 heteroatoms. The third-order valence-electron chi connectivity index (χ3n) is 10.8. The zero-order valence-corrected chi connectivity index (χ0v) is 27.6. The van der Waals surface area contributed by atoms with Crippen LogP contribution in [0.2, 0.25) is 0 Å². The van der Waals surface area contributed by atoms with Gasteiger partial charge in [0.05, 0.1) is 11.0 Å². The summed E-state index contributed by atoms with van der Waals surface area (Å²) < 4.78 is 2.36. The average Bonchev–Trinajstić information content (AvgIpc) is 3.72. The molecule has 0 aliphatic heterocycles. The van der Waals surface area contributed by atoms with Crippen molar-refractivity contribution >= 4 is 43.4 Å². The lowest BCUT2D eigenvalue weighted by atomic mass is 9.86. The van der Waals surface area contributed by atoms with Crippen molar-refractivity contribution in [1.82, 2.24) is 19.5 Å². The molecule has 0 radical (unpaired) electrons. The Bertz CT molecular complexity index is 2920. The van der Waals surface area contributed by atoms with Gasteiger partial charge in [0.15, 0.2) is 17.5 Å². The van der Waals surface area contributed by atoms with Crippen LogP contribution in [0.4, 0.5) is 0 Å². The van der Waals surface area contributed by atoms with Crippen LogP contribution in [-0.2, 0) is 0 Å². The van der Waals surface area contributed by atoms with Crippen LogP contribution in [0.1, 0.15) is 23.0 Å². The first-order valence-corrected chi connectivity index (χ1v) is 17.5. The first-order chi connectivity index (χ1) is 25.3. The SMILES string of the molecule is C1=CC2c3cccc4cc(-c5nc(-c6ccccc6)nc(-c6ccc(-n7c8ccccc8c8c9ccccc9ccc87)cc6)n5)cc(c34)C2C=C1. The van der Waals surface area contributed by atoms with Gasteiger partial charge in [-0.05, 0) is 81.2 Å². The monoisotopic (exact) mass is 650 g/mol. The Hall–Kier alpha value is -6.65.